The minimum absolute atomic E-state index is 0.107. The van der Waals surface area contributed by atoms with Gasteiger partial charge in [0.2, 0.25) is 0 Å². The average molecular weight is 244 g/mol. The monoisotopic (exact) mass is 244 g/mol. The number of carbonyl (C=O) groups is 1. The van der Waals surface area contributed by atoms with Crippen molar-refractivity contribution in [1.82, 2.24) is 0 Å². The maximum Gasteiger partial charge on any atom is 0.142 e. The predicted octanol–water partition coefficient (Wildman–Crippen LogP) is 3.21. The van der Waals surface area contributed by atoms with Crippen LogP contribution >= 0.6 is 0 Å². The van der Waals surface area contributed by atoms with Crippen LogP contribution in [0.2, 0.25) is 0 Å². The van der Waals surface area contributed by atoms with Gasteiger partial charge in [0.1, 0.15) is 5.78 Å². The van der Waals surface area contributed by atoms with Gasteiger partial charge in [-0.15, -0.1) is 6.58 Å². The standard InChI is InChI=1S/C16H20O2/c1-2-8-15(17)14-11-6-7-12-16(14,18)13-9-4-3-5-10-13/h2-5,9-10,14,18H,1,6-8,11-12H2. The second-order valence-corrected chi connectivity index (χ2v) is 5.05. The van der Waals surface area contributed by atoms with Gasteiger partial charge in [0.25, 0.3) is 0 Å². The molecule has 0 saturated heterocycles. The zero-order chi connectivity index (χ0) is 13.0. The van der Waals surface area contributed by atoms with Crippen molar-refractivity contribution in [3.05, 3.63) is 48.6 Å². The van der Waals surface area contributed by atoms with E-state index in [1.807, 2.05) is 30.3 Å². The molecule has 2 rings (SSSR count). The molecule has 1 aromatic carbocycles. The molecule has 0 spiro atoms. The highest BCUT2D eigenvalue weighted by Gasteiger charge is 2.43. The van der Waals surface area contributed by atoms with Gasteiger partial charge in [-0.2, -0.15) is 0 Å². The van der Waals surface area contributed by atoms with Gasteiger partial charge in [0, 0.05) is 6.42 Å². The van der Waals surface area contributed by atoms with Gasteiger partial charge in [-0.25, -0.2) is 0 Å². The van der Waals surface area contributed by atoms with Crippen LogP contribution in [0.1, 0.15) is 37.7 Å². The van der Waals surface area contributed by atoms with Crippen molar-refractivity contribution in [3.63, 3.8) is 0 Å². The minimum Gasteiger partial charge on any atom is -0.384 e. The Balaban J connectivity index is 2.32. The highest BCUT2D eigenvalue weighted by atomic mass is 16.3. The van der Waals surface area contributed by atoms with Crippen molar-refractivity contribution in [2.45, 2.75) is 37.7 Å². The molecule has 1 aromatic rings. The first-order valence-electron chi connectivity index (χ1n) is 6.60. The minimum atomic E-state index is -0.987. The van der Waals surface area contributed by atoms with Gasteiger partial charge in [0.15, 0.2) is 0 Å². The summed E-state index contributed by atoms with van der Waals surface area (Å²) in [7, 11) is 0. The molecular weight excluding hydrogens is 224 g/mol. The van der Waals surface area contributed by atoms with Crippen LogP contribution in [0.15, 0.2) is 43.0 Å². The number of carbonyl (C=O) groups excluding carboxylic acids is 1. The third-order valence-electron chi connectivity index (χ3n) is 3.89. The fourth-order valence-electron chi connectivity index (χ4n) is 2.94. The van der Waals surface area contributed by atoms with Crippen molar-refractivity contribution in [3.8, 4) is 0 Å². The van der Waals surface area contributed by atoms with E-state index in [0.29, 0.717) is 12.8 Å². The lowest BCUT2D eigenvalue weighted by Gasteiger charge is -2.39. The summed E-state index contributed by atoms with van der Waals surface area (Å²) in [6, 6.07) is 9.59. The quantitative estimate of drug-likeness (QED) is 0.826. The van der Waals surface area contributed by atoms with Crippen LogP contribution < -0.4 is 0 Å². The molecule has 0 radical (unpaired) electrons. The summed E-state index contributed by atoms with van der Waals surface area (Å²) >= 11 is 0. The second kappa shape index (κ2) is 5.49. The van der Waals surface area contributed by atoms with E-state index in [1.165, 1.54) is 0 Å². The summed E-state index contributed by atoms with van der Waals surface area (Å²) in [6.07, 6.45) is 5.41. The fourth-order valence-corrected chi connectivity index (χ4v) is 2.94. The van der Waals surface area contributed by atoms with E-state index in [9.17, 15) is 9.90 Å². The summed E-state index contributed by atoms with van der Waals surface area (Å²) in [5.41, 5.74) is -0.119. The van der Waals surface area contributed by atoms with E-state index in [2.05, 4.69) is 6.58 Å². The van der Waals surface area contributed by atoms with E-state index >= 15 is 0 Å². The molecule has 0 amide bonds. The summed E-state index contributed by atoms with van der Waals surface area (Å²) < 4.78 is 0. The molecule has 96 valence electrons. The number of hydrogen-bond donors (Lipinski definition) is 1. The molecule has 18 heavy (non-hydrogen) atoms. The number of aliphatic hydroxyl groups is 1. The summed E-state index contributed by atoms with van der Waals surface area (Å²) in [6.45, 7) is 3.61. The Labute approximate surface area is 108 Å². The van der Waals surface area contributed by atoms with Crippen LogP contribution in [-0.2, 0) is 10.4 Å². The fraction of sp³-hybridized carbons (Fsp3) is 0.438. The number of rotatable bonds is 4. The maximum atomic E-state index is 12.2. The Morgan fingerprint density at radius 3 is 2.78 bits per heavy atom. The molecule has 1 saturated carbocycles. The van der Waals surface area contributed by atoms with Crippen molar-refractivity contribution < 1.29 is 9.90 Å². The van der Waals surface area contributed by atoms with Gasteiger partial charge < -0.3 is 5.11 Å². The molecule has 0 bridgehead atoms. The first-order chi connectivity index (χ1) is 8.68. The zero-order valence-corrected chi connectivity index (χ0v) is 10.6. The van der Waals surface area contributed by atoms with Gasteiger partial charge in [0.05, 0.1) is 11.5 Å². The van der Waals surface area contributed by atoms with Crippen LogP contribution in [0, 0.1) is 5.92 Å². The van der Waals surface area contributed by atoms with E-state index < -0.39 is 5.60 Å². The van der Waals surface area contributed by atoms with Crippen LogP contribution in [-0.4, -0.2) is 10.9 Å². The van der Waals surface area contributed by atoms with Crippen LogP contribution in [0.4, 0.5) is 0 Å². The van der Waals surface area contributed by atoms with Gasteiger partial charge >= 0.3 is 0 Å². The molecule has 1 aliphatic carbocycles. The molecule has 1 aliphatic rings. The molecule has 0 aliphatic heterocycles. The van der Waals surface area contributed by atoms with E-state index in [0.717, 1.165) is 24.8 Å². The SMILES string of the molecule is C=CCC(=O)C1CCCCC1(O)c1ccccc1. The topological polar surface area (TPSA) is 37.3 Å². The van der Waals surface area contributed by atoms with Crippen molar-refractivity contribution in [2.24, 2.45) is 5.92 Å². The van der Waals surface area contributed by atoms with Crippen LogP contribution in [0.25, 0.3) is 0 Å². The third-order valence-corrected chi connectivity index (χ3v) is 3.89. The molecule has 2 atom stereocenters. The first kappa shape index (κ1) is 13.0. The Morgan fingerprint density at radius 1 is 1.39 bits per heavy atom. The summed E-state index contributed by atoms with van der Waals surface area (Å²) in [5.74, 6) is -0.178. The van der Waals surface area contributed by atoms with Crippen LogP contribution in [0.3, 0.4) is 0 Å². The average Bonchev–Trinajstić information content (AvgIpc) is 2.40. The van der Waals surface area contributed by atoms with Crippen molar-refractivity contribution in [2.75, 3.05) is 0 Å². The highest BCUT2D eigenvalue weighted by Crippen LogP contribution is 2.42. The second-order valence-electron chi connectivity index (χ2n) is 5.05. The van der Waals surface area contributed by atoms with Crippen LogP contribution in [0.5, 0.6) is 0 Å². The number of benzene rings is 1. The molecular formula is C16H20O2. The number of ketones is 1. The lowest BCUT2D eigenvalue weighted by atomic mass is 9.69. The number of hydrogen-bond acceptors (Lipinski definition) is 2. The third kappa shape index (κ3) is 2.39. The van der Waals surface area contributed by atoms with E-state index in [1.54, 1.807) is 6.08 Å². The summed E-state index contributed by atoms with van der Waals surface area (Å²) in [5, 5.41) is 10.9. The first-order valence-corrected chi connectivity index (χ1v) is 6.60. The van der Waals surface area contributed by atoms with Crippen molar-refractivity contribution in [1.29, 1.82) is 0 Å². The van der Waals surface area contributed by atoms with E-state index in [-0.39, 0.29) is 11.7 Å². The predicted molar refractivity (Wildman–Crippen MR) is 72.1 cm³/mol. The lowest BCUT2D eigenvalue weighted by molar-refractivity contribution is -0.136. The Bertz CT molecular complexity index is 424. The molecule has 1 fully saturated rings. The largest absolute Gasteiger partial charge is 0.384 e. The maximum absolute atomic E-state index is 12.2. The summed E-state index contributed by atoms with van der Waals surface area (Å²) in [4.78, 5) is 12.2. The smallest absolute Gasteiger partial charge is 0.142 e. The number of allylic oxidation sites excluding steroid dienone is 1. The Morgan fingerprint density at radius 2 is 2.11 bits per heavy atom. The highest BCUT2D eigenvalue weighted by molar-refractivity contribution is 5.83. The molecule has 0 heterocycles. The molecule has 1 N–H and O–H groups in total. The molecule has 2 nitrogen and oxygen atoms in total. The lowest BCUT2D eigenvalue weighted by Crippen LogP contribution is -2.42. The van der Waals surface area contributed by atoms with Gasteiger partial charge in [-0.05, 0) is 18.4 Å². The molecule has 2 heteroatoms. The van der Waals surface area contributed by atoms with Gasteiger partial charge in [-0.3, -0.25) is 4.79 Å². The number of Topliss-reactive ketones (excluding diaryl/α,β-unsaturated/α-hetero) is 1. The normalized spacial score (nSPS) is 27.7. The van der Waals surface area contributed by atoms with Crippen molar-refractivity contribution >= 4 is 5.78 Å². The zero-order valence-electron chi connectivity index (χ0n) is 10.6. The molecule has 0 aromatic heterocycles. The van der Waals surface area contributed by atoms with Gasteiger partial charge in [-0.1, -0.05) is 49.2 Å². The van der Waals surface area contributed by atoms with E-state index in [4.69, 9.17) is 0 Å². The Hall–Kier alpha value is -1.41. The molecule has 2 unspecified atom stereocenters. The Kier molecular flexibility index (Phi) is 3.97.